The maximum atomic E-state index is 13.8. The molecule has 0 spiro atoms. The van der Waals surface area contributed by atoms with Gasteiger partial charge in [-0.05, 0) is 42.0 Å². The van der Waals surface area contributed by atoms with Crippen LogP contribution in [0.4, 0.5) is 45.2 Å². The maximum absolute atomic E-state index is 13.8. The van der Waals surface area contributed by atoms with Crippen molar-refractivity contribution in [1.82, 2.24) is 0 Å². The topological polar surface area (TPSA) is 50.7 Å². The van der Waals surface area contributed by atoms with Gasteiger partial charge in [-0.25, -0.2) is 31.1 Å². The molecule has 0 amide bonds. The van der Waals surface area contributed by atoms with Gasteiger partial charge in [0, 0.05) is 0 Å². The van der Waals surface area contributed by atoms with Crippen LogP contribution < -0.4 is 10.2 Å². The number of anilines is 1. The van der Waals surface area contributed by atoms with Gasteiger partial charge in [-0.1, -0.05) is 11.6 Å². The Hall–Kier alpha value is -3.74. The first-order valence-corrected chi connectivity index (χ1v) is 9.38. The molecule has 0 unspecified atom stereocenters. The van der Waals surface area contributed by atoms with Crippen molar-refractivity contribution in [3.8, 4) is 5.75 Å². The van der Waals surface area contributed by atoms with E-state index in [1.165, 1.54) is 24.3 Å². The molecule has 0 bridgehead atoms. The van der Waals surface area contributed by atoms with Gasteiger partial charge in [0.15, 0.2) is 34.9 Å². The number of carbonyl (C=O) groups is 1. The summed E-state index contributed by atoms with van der Waals surface area (Å²) in [4.78, 5) is 12.1. The van der Waals surface area contributed by atoms with Crippen LogP contribution in [0.15, 0.2) is 41.5 Å². The van der Waals surface area contributed by atoms with Crippen molar-refractivity contribution in [3.63, 3.8) is 0 Å². The fourth-order valence-corrected chi connectivity index (χ4v) is 2.84. The predicted octanol–water partition coefficient (Wildman–Crippen LogP) is 6.86. The highest BCUT2D eigenvalue weighted by molar-refractivity contribution is 6.33. The summed E-state index contributed by atoms with van der Waals surface area (Å²) in [5.41, 5.74) is -3.04. The van der Waals surface area contributed by atoms with Gasteiger partial charge in [0.1, 0.15) is 17.0 Å². The fourth-order valence-electron chi connectivity index (χ4n) is 2.61. The zero-order chi connectivity index (χ0) is 26.1. The van der Waals surface area contributed by atoms with E-state index in [9.17, 15) is 44.3 Å². The van der Waals surface area contributed by atoms with E-state index >= 15 is 0 Å². The highest BCUT2D eigenvalue weighted by atomic mass is 35.5. The largest absolute Gasteiger partial charge is 0.423 e. The molecule has 184 valence electrons. The number of rotatable bonds is 5. The summed E-state index contributed by atoms with van der Waals surface area (Å²) in [5, 5.41) is 2.90. The van der Waals surface area contributed by atoms with E-state index in [-0.39, 0.29) is 11.3 Å². The van der Waals surface area contributed by atoms with E-state index in [0.717, 1.165) is 6.21 Å². The Labute approximate surface area is 194 Å². The molecule has 0 radical (unpaired) electrons. The number of hydrogen-bond acceptors (Lipinski definition) is 4. The van der Waals surface area contributed by atoms with Crippen LogP contribution in [0.5, 0.6) is 5.75 Å². The van der Waals surface area contributed by atoms with Gasteiger partial charge in [0.05, 0.1) is 16.8 Å². The second kappa shape index (κ2) is 9.86. The van der Waals surface area contributed by atoms with Crippen molar-refractivity contribution < 1.29 is 49.0 Å². The smallest absolute Gasteiger partial charge is 0.422 e. The van der Waals surface area contributed by atoms with Crippen LogP contribution in [0.1, 0.15) is 21.5 Å². The molecule has 0 fully saturated rings. The van der Waals surface area contributed by atoms with Gasteiger partial charge in [-0.15, -0.1) is 0 Å². The number of benzene rings is 3. The van der Waals surface area contributed by atoms with Gasteiger partial charge in [0.25, 0.3) is 0 Å². The minimum Gasteiger partial charge on any atom is -0.423 e. The number of esters is 1. The molecule has 0 saturated heterocycles. The van der Waals surface area contributed by atoms with E-state index in [1.54, 1.807) is 5.43 Å². The minimum atomic E-state index is -5.68. The van der Waals surface area contributed by atoms with Crippen molar-refractivity contribution in [2.75, 3.05) is 5.43 Å². The lowest BCUT2D eigenvalue weighted by molar-refractivity contribution is -0.143. The Morgan fingerprint density at radius 1 is 0.886 bits per heavy atom. The lowest BCUT2D eigenvalue weighted by atomic mass is 10.1. The monoisotopic (exact) mass is 526 g/mol. The number of nitrogens with one attached hydrogen (secondary N) is 1. The molecule has 3 aromatic rings. The summed E-state index contributed by atoms with van der Waals surface area (Å²) < 4.78 is 124. The minimum absolute atomic E-state index is 0.0927. The number of halogens is 10. The van der Waals surface area contributed by atoms with Crippen LogP contribution >= 0.6 is 11.6 Å². The van der Waals surface area contributed by atoms with Crippen LogP contribution in [-0.4, -0.2) is 12.2 Å². The summed E-state index contributed by atoms with van der Waals surface area (Å²) >= 11 is 5.68. The maximum Gasteiger partial charge on any atom is 0.422 e. The molecule has 0 aromatic heterocycles. The van der Waals surface area contributed by atoms with Crippen LogP contribution in [0.25, 0.3) is 0 Å². The van der Waals surface area contributed by atoms with Crippen molar-refractivity contribution in [3.05, 3.63) is 93.0 Å². The molecule has 0 aliphatic rings. The van der Waals surface area contributed by atoms with E-state index in [1.807, 2.05) is 0 Å². The van der Waals surface area contributed by atoms with Crippen LogP contribution in [-0.2, 0) is 6.18 Å². The number of nitrogens with zero attached hydrogens (tertiary/aromatic N) is 1. The first-order chi connectivity index (χ1) is 16.3. The van der Waals surface area contributed by atoms with E-state index < -0.39 is 68.9 Å². The molecule has 1 N–H and O–H groups in total. The summed E-state index contributed by atoms with van der Waals surface area (Å²) in [6.07, 6.45) is -4.82. The zero-order valence-corrected chi connectivity index (χ0v) is 17.3. The van der Waals surface area contributed by atoms with Crippen LogP contribution in [0, 0.1) is 34.9 Å². The molecule has 3 rings (SSSR count). The van der Waals surface area contributed by atoms with Gasteiger partial charge in [-0.3, -0.25) is 5.43 Å². The van der Waals surface area contributed by atoms with Gasteiger partial charge < -0.3 is 4.74 Å². The number of ether oxygens (including phenoxy) is 1. The highest BCUT2D eigenvalue weighted by Gasteiger charge is 2.42. The Balaban J connectivity index is 1.73. The molecule has 0 heterocycles. The molecule has 0 aliphatic heterocycles. The average molecular weight is 527 g/mol. The van der Waals surface area contributed by atoms with E-state index in [0.29, 0.717) is 12.1 Å². The van der Waals surface area contributed by atoms with Gasteiger partial charge in [-0.2, -0.15) is 18.3 Å². The second-order valence-electron chi connectivity index (χ2n) is 6.58. The van der Waals surface area contributed by atoms with Gasteiger partial charge >= 0.3 is 12.1 Å². The summed E-state index contributed by atoms with van der Waals surface area (Å²) in [6.45, 7) is 0. The molecule has 0 aliphatic carbocycles. The van der Waals surface area contributed by atoms with E-state index in [2.05, 4.69) is 5.10 Å². The molecular weight excluding hydrogens is 519 g/mol. The Morgan fingerprint density at radius 3 is 1.97 bits per heavy atom. The summed E-state index contributed by atoms with van der Waals surface area (Å²) in [6, 6.07) is 5.97. The average Bonchev–Trinajstić information content (AvgIpc) is 2.77. The summed E-state index contributed by atoms with van der Waals surface area (Å²) in [7, 11) is 0. The van der Waals surface area contributed by atoms with Crippen LogP contribution in [0.2, 0.25) is 5.02 Å². The molecule has 35 heavy (non-hydrogen) atoms. The fraction of sp³-hybridized carbons (Fsp3) is 0.0476. The quantitative estimate of drug-likeness (QED) is 0.0987. The Morgan fingerprint density at radius 2 is 1.43 bits per heavy atom. The zero-order valence-electron chi connectivity index (χ0n) is 16.6. The number of alkyl halides is 3. The van der Waals surface area contributed by atoms with Crippen molar-refractivity contribution in [1.29, 1.82) is 0 Å². The van der Waals surface area contributed by atoms with Crippen LogP contribution in [0.3, 0.4) is 0 Å². The van der Waals surface area contributed by atoms with E-state index in [4.69, 9.17) is 16.3 Å². The Bertz CT molecular complexity index is 1300. The predicted molar refractivity (Wildman–Crippen MR) is 105 cm³/mol. The number of hydrogen-bond donors (Lipinski definition) is 1. The molecule has 3 aromatic carbocycles. The lowest BCUT2D eigenvalue weighted by Gasteiger charge is -2.13. The molecule has 0 atom stereocenters. The first kappa shape index (κ1) is 25.9. The Kier molecular flexibility index (Phi) is 7.29. The van der Waals surface area contributed by atoms with Crippen molar-refractivity contribution >= 4 is 29.5 Å². The lowest BCUT2D eigenvalue weighted by Crippen LogP contribution is -2.16. The highest BCUT2D eigenvalue weighted by Crippen LogP contribution is 2.38. The third-order valence-corrected chi connectivity index (χ3v) is 4.57. The number of carbonyl (C=O) groups excluding carboxylic acids is 1. The molecule has 0 saturated carbocycles. The number of hydrazone groups is 1. The summed E-state index contributed by atoms with van der Waals surface area (Å²) in [5.74, 6) is -13.8. The third-order valence-electron chi connectivity index (χ3n) is 4.26. The molecule has 14 heteroatoms. The second-order valence-corrected chi connectivity index (χ2v) is 6.99. The molecule has 4 nitrogen and oxygen atoms in total. The SMILES string of the molecule is O=C(Oc1ccc(/C=N\Nc2c(F)c(F)c(C(F)(F)F)c(F)c2F)cc1)c1cc(F)c(F)cc1Cl. The van der Waals surface area contributed by atoms with Crippen molar-refractivity contribution in [2.45, 2.75) is 6.18 Å². The molecular formula is C21H8ClF9N2O2. The van der Waals surface area contributed by atoms with Gasteiger partial charge in [0.2, 0.25) is 0 Å². The third kappa shape index (κ3) is 5.50. The van der Waals surface area contributed by atoms with Crippen molar-refractivity contribution in [2.24, 2.45) is 5.10 Å². The standard InChI is InChI=1S/C21H8ClF9N2O2/c22-11-6-13(24)12(23)5-10(11)20(34)35-9-3-1-8(2-4-9)7-32-33-19-17(27)15(25)14(21(29,30)31)16(26)18(19)28/h1-7,33H/b32-7-. The normalized spacial score (nSPS) is 11.7. The first-order valence-electron chi connectivity index (χ1n) is 9.00.